The maximum atomic E-state index is 13.0. The first-order chi connectivity index (χ1) is 33.9. The first-order valence-electron chi connectivity index (χ1n) is 23.7. The van der Waals surface area contributed by atoms with Crippen LogP contribution in [0.4, 0.5) is 5.69 Å². The molecule has 8 aromatic rings. The lowest BCUT2D eigenvalue weighted by Crippen LogP contribution is -2.50. The summed E-state index contributed by atoms with van der Waals surface area (Å²) in [5, 5.41) is 8.76. The summed E-state index contributed by atoms with van der Waals surface area (Å²) < 4.78 is 20.4. The second-order valence-electron chi connectivity index (χ2n) is 17.0. The molecule has 9 rings (SSSR count). The number of piperazine rings is 1. The summed E-state index contributed by atoms with van der Waals surface area (Å²) in [6.07, 6.45) is 6.24. The minimum atomic E-state index is -0.389. The summed E-state index contributed by atoms with van der Waals surface area (Å²) in [7, 11) is 3.50. The van der Waals surface area contributed by atoms with E-state index in [0.29, 0.717) is 104 Å². The van der Waals surface area contributed by atoms with Gasteiger partial charge in [-0.05, 0) is 55.5 Å². The average Bonchev–Trinajstić information content (AvgIpc) is 4.19. The smallest absolute Gasteiger partial charge is 0.332 e. The number of anilines is 1. The lowest BCUT2D eigenvalue weighted by Gasteiger charge is -2.36. The molecule has 0 aliphatic carbocycles. The van der Waals surface area contributed by atoms with Crippen LogP contribution in [-0.4, -0.2) is 106 Å². The maximum Gasteiger partial charge on any atom is 0.332 e. The van der Waals surface area contributed by atoms with Crippen LogP contribution in [0.3, 0.4) is 0 Å². The van der Waals surface area contributed by atoms with Gasteiger partial charge in [0.05, 0.1) is 0 Å². The molecular weight excluding hydrogens is 899 g/mol. The molecule has 0 unspecified atom stereocenters. The third kappa shape index (κ3) is 10.1. The van der Waals surface area contributed by atoms with Crippen LogP contribution in [0.2, 0.25) is 0 Å². The van der Waals surface area contributed by atoms with Gasteiger partial charge in [0.15, 0.2) is 29.6 Å². The number of pyridine rings is 1. The minimum absolute atomic E-state index is 0.0984. The third-order valence-electron chi connectivity index (χ3n) is 11.9. The molecule has 1 fully saturated rings. The van der Waals surface area contributed by atoms with Crippen molar-refractivity contribution in [3.63, 3.8) is 0 Å². The van der Waals surface area contributed by atoms with E-state index in [4.69, 9.17) is 9.47 Å². The molecule has 22 heteroatoms. The molecule has 1 aromatic carbocycles. The quantitative estimate of drug-likeness (QED) is 0.132. The number of H-pyrrole nitrogens is 2. The van der Waals surface area contributed by atoms with E-state index < -0.39 is 0 Å². The fourth-order valence-corrected chi connectivity index (χ4v) is 8.45. The fourth-order valence-electron chi connectivity index (χ4n) is 8.45. The van der Waals surface area contributed by atoms with E-state index >= 15 is 0 Å². The molecular formula is C48H59N15O7. The molecule has 0 atom stereocenters. The normalized spacial score (nSPS) is 12.7. The largest absolute Gasteiger partial charge is 0.472 e. The van der Waals surface area contributed by atoms with Crippen LogP contribution in [0.5, 0.6) is 11.8 Å². The number of aryl methyl sites for hydroxylation is 4. The molecule has 8 heterocycles. The van der Waals surface area contributed by atoms with Gasteiger partial charge in [-0.15, -0.1) is 10.2 Å². The summed E-state index contributed by atoms with van der Waals surface area (Å²) in [5.74, 6) is 1.47. The molecule has 1 saturated heterocycles. The molecule has 7 aromatic heterocycles. The van der Waals surface area contributed by atoms with Crippen molar-refractivity contribution >= 4 is 33.9 Å². The molecule has 368 valence electrons. The van der Waals surface area contributed by atoms with E-state index in [1.165, 1.54) is 13.7 Å². The number of imidazole rings is 2. The van der Waals surface area contributed by atoms with Crippen molar-refractivity contribution in [2.45, 2.75) is 86.2 Å². The van der Waals surface area contributed by atoms with E-state index in [-0.39, 0.29) is 46.4 Å². The zero-order valence-corrected chi connectivity index (χ0v) is 40.4. The average molecular weight is 958 g/mol. The van der Waals surface area contributed by atoms with E-state index in [0.717, 1.165) is 37.2 Å². The number of fused-ring (bicyclic) bond motifs is 2. The topological polar surface area (TPSA) is 236 Å². The highest BCUT2D eigenvalue weighted by molar-refractivity contribution is 5.78. The number of nitrogens with one attached hydrogen (secondary N) is 2. The lowest BCUT2D eigenvalue weighted by atomic mass is 10.2. The Morgan fingerprint density at radius 3 is 1.57 bits per heavy atom. The molecule has 70 heavy (non-hydrogen) atoms. The van der Waals surface area contributed by atoms with Gasteiger partial charge in [-0.25, -0.2) is 19.6 Å². The molecule has 2 N–H and O–H groups in total. The number of aromatic nitrogens is 13. The van der Waals surface area contributed by atoms with E-state index in [1.54, 1.807) is 57.5 Å². The van der Waals surface area contributed by atoms with Gasteiger partial charge in [0.25, 0.3) is 17.0 Å². The molecule has 22 nitrogen and oxygen atoms in total. The van der Waals surface area contributed by atoms with E-state index in [1.807, 2.05) is 58.0 Å². The third-order valence-corrected chi connectivity index (χ3v) is 11.9. The van der Waals surface area contributed by atoms with Crippen LogP contribution in [0.1, 0.15) is 58.9 Å². The second kappa shape index (κ2) is 21.5. The highest BCUT2D eigenvalue weighted by Gasteiger charge is 2.24. The Bertz CT molecular complexity index is 3330. The van der Waals surface area contributed by atoms with Crippen molar-refractivity contribution in [2.75, 3.05) is 37.7 Å². The van der Waals surface area contributed by atoms with E-state index in [2.05, 4.69) is 52.1 Å². The zero-order chi connectivity index (χ0) is 49.5. The Morgan fingerprint density at radius 1 is 0.614 bits per heavy atom. The number of hydrogen-bond acceptors (Lipinski definition) is 13. The Hall–Kier alpha value is -8.04. The summed E-state index contributed by atoms with van der Waals surface area (Å²) in [6.45, 7) is 12.4. The second-order valence-corrected chi connectivity index (χ2v) is 17.0. The highest BCUT2D eigenvalue weighted by atomic mass is 16.5. The first-order valence-corrected chi connectivity index (χ1v) is 23.7. The van der Waals surface area contributed by atoms with Gasteiger partial charge < -0.3 is 29.2 Å². The number of carbonyl (C=O) groups is 1. The van der Waals surface area contributed by atoms with Crippen molar-refractivity contribution < 1.29 is 14.3 Å². The summed E-state index contributed by atoms with van der Waals surface area (Å²) in [5.41, 5.74) is 3.20. The van der Waals surface area contributed by atoms with Crippen LogP contribution in [0.15, 0.2) is 86.2 Å². The molecule has 0 bridgehead atoms. The fraction of sp³-hybridized carbons (Fsp3) is 0.417. The van der Waals surface area contributed by atoms with Crippen molar-refractivity contribution in [1.82, 2.24) is 67.6 Å². The Balaban J connectivity index is 0.000000193. The summed E-state index contributed by atoms with van der Waals surface area (Å²) >= 11 is 0. The van der Waals surface area contributed by atoms with Crippen LogP contribution in [0.25, 0.3) is 45.4 Å². The van der Waals surface area contributed by atoms with Gasteiger partial charge >= 0.3 is 11.4 Å². The van der Waals surface area contributed by atoms with Gasteiger partial charge in [-0.3, -0.25) is 47.0 Å². The number of para-hydroxylation sites is 1. The first kappa shape index (κ1) is 48.4. The van der Waals surface area contributed by atoms with Crippen LogP contribution < -0.4 is 36.9 Å². The lowest BCUT2D eigenvalue weighted by molar-refractivity contribution is -0.133. The maximum absolute atomic E-state index is 13.0. The van der Waals surface area contributed by atoms with Crippen LogP contribution >= 0.6 is 0 Å². The Labute approximate surface area is 401 Å². The van der Waals surface area contributed by atoms with Crippen molar-refractivity contribution in [3.8, 4) is 34.8 Å². The summed E-state index contributed by atoms with van der Waals surface area (Å²) in [6, 6.07) is 17.3. The van der Waals surface area contributed by atoms with Crippen molar-refractivity contribution in [1.29, 1.82) is 0 Å². The van der Waals surface area contributed by atoms with E-state index in [9.17, 15) is 24.0 Å². The van der Waals surface area contributed by atoms with Gasteiger partial charge in [0, 0.05) is 96.7 Å². The van der Waals surface area contributed by atoms with Crippen molar-refractivity contribution in [3.05, 3.63) is 114 Å². The number of rotatable bonds is 17. The molecule has 1 aliphatic rings. The predicted molar refractivity (Wildman–Crippen MR) is 264 cm³/mol. The minimum Gasteiger partial charge on any atom is -0.472 e. The van der Waals surface area contributed by atoms with Gasteiger partial charge in [-0.2, -0.15) is 0 Å². The standard InChI is InChI=1S/C27H34N8O4.C21H25N7O3/c1-4-11-34-25-23(26(37)35(12-5-2)27(34)38)28-24(29-25)20-17-21(30-31(20)3)39-18-22(36)33-15-13-32(14-16-33)19-9-7-6-8-10-19;1-4-10-27-19-17(20(29)28(11-5-2)21(27)30)23-18(24-19)15-12-16(25-26(15)3)31-13-14-6-8-22-9-7-14/h6-10,17H,4-5,11-16,18H2,1-3H3,(H,28,29);6-9,12H,4-5,10-11,13H2,1-3H3,(H,23,24). The number of benzene rings is 1. The molecule has 1 amide bonds. The number of hydrogen-bond donors (Lipinski definition) is 2. The monoisotopic (exact) mass is 957 g/mol. The molecule has 0 radical (unpaired) electrons. The van der Waals surface area contributed by atoms with Crippen LogP contribution in [0, 0.1) is 0 Å². The number of amides is 1. The summed E-state index contributed by atoms with van der Waals surface area (Å²) in [4.78, 5) is 88.0. The van der Waals surface area contributed by atoms with Crippen molar-refractivity contribution in [2.24, 2.45) is 14.1 Å². The van der Waals surface area contributed by atoms with Crippen LogP contribution in [-0.2, 0) is 51.7 Å². The van der Waals surface area contributed by atoms with Gasteiger partial charge in [0.2, 0.25) is 11.8 Å². The number of carbonyl (C=O) groups excluding carboxylic acids is 1. The SMILES string of the molecule is CCCn1c(=O)c2[nH]c(-c3cc(OCC(=O)N4CCN(c5ccccc5)CC4)nn3C)nc2n(CCC)c1=O.CCCn1c(=O)c2[nH]c(-c3cc(OCc4ccncc4)nn3C)nc2n(CCC)c1=O. The molecule has 0 spiro atoms. The zero-order valence-electron chi connectivity index (χ0n) is 40.4. The Kier molecular flexibility index (Phi) is 14.9. The highest BCUT2D eigenvalue weighted by Crippen LogP contribution is 2.25. The van der Waals surface area contributed by atoms with Gasteiger partial charge in [-0.1, -0.05) is 45.9 Å². The number of nitrogens with zero attached hydrogens (tertiary/aromatic N) is 13. The Morgan fingerprint density at radius 2 is 1.09 bits per heavy atom. The number of aromatic amines is 2. The van der Waals surface area contributed by atoms with Gasteiger partial charge in [0.1, 0.15) is 29.0 Å². The number of ether oxygens (including phenoxy) is 2. The predicted octanol–water partition coefficient (Wildman–Crippen LogP) is 3.92. The molecule has 1 aliphatic heterocycles. The molecule has 0 saturated carbocycles.